The molecule has 0 saturated heterocycles. The highest BCUT2D eigenvalue weighted by Crippen LogP contribution is 2.59. The predicted octanol–water partition coefficient (Wildman–Crippen LogP) is 7.84. The monoisotopic (exact) mass is 469 g/mol. The van der Waals surface area contributed by atoms with Crippen LogP contribution in [0.3, 0.4) is 0 Å². The van der Waals surface area contributed by atoms with Gasteiger partial charge in [-0.05, 0) is 57.8 Å². The number of anilines is 2. The number of nitrogens with zero attached hydrogens (tertiary/aromatic N) is 3. The Labute approximate surface area is 205 Å². The summed E-state index contributed by atoms with van der Waals surface area (Å²) < 4.78 is 6.38. The third kappa shape index (κ3) is 2.11. The number of halogens is 1. The van der Waals surface area contributed by atoms with E-state index in [1.165, 1.54) is 38.4 Å². The molecule has 9 rings (SSSR count). The van der Waals surface area contributed by atoms with Gasteiger partial charge in [-0.25, -0.2) is 9.97 Å². The van der Waals surface area contributed by atoms with Gasteiger partial charge in [0.15, 0.2) is 11.0 Å². The first kappa shape index (κ1) is 18.2. The Kier molecular flexibility index (Phi) is 3.17. The molecule has 35 heavy (non-hydrogen) atoms. The molecule has 2 unspecified atom stereocenters. The second kappa shape index (κ2) is 6.09. The maximum Gasteiger partial charge on any atom is 0.172 e. The number of para-hydroxylation sites is 2. The number of benzene rings is 4. The highest BCUT2D eigenvalue weighted by Gasteiger charge is 2.47. The van der Waals surface area contributed by atoms with Crippen molar-refractivity contribution < 1.29 is 4.42 Å². The quantitative estimate of drug-likeness (QED) is 0.246. The lowest BCUT2D eigenvalue weighted by atomic mass is 9.82. The highest BCUT2D eigenvalue weighted by molar-refractivity contribution is 6.32. The zero-order chi connectivity index (χ0) is 22.8. The summed E-state index contributed by atoms with van der Waals surface area (Å²) >= 11 is 6.82. The molecule has 2 aliphatic carbocycles. The zero-order valence-electron chi connectivity index (χ0n) is 18.4. The van der Waals surface area contributed by atoms with Crippen molar-refractivity contribution in [1.29, 1.82) is 0 Å². The van der Waals surface area contributed by atoms with Crippen LogP contribution in [0.15, 0.2) is 83.3 Å². The minimum Gasteiger partial charge on any atom is -0.456 e. The van der Waals surface area contributed by atoms with Crippen LogP contribution in [-0.4, -0.2) is 16.0 Å². The molecule has 3 heterocycles. The van der Waals surface area contributed by atoms with Crippen LogP contribution in [0, 0.1) is 0 Å². The first-order chi connectivity index (χ1) is 17.3. The molecule has 2 atom stereocenters. The summed E-state index contributed by atoms with van der Waals surface area (Å²) in [7, 11) is 0. The molecule has 0 radical (unpaired) electrons. The van der Waals surface area contributed by atoms with Crippen molar-refractivity contribution in [2.75, 3.05) is 4.90 Å². The average molecular weight is 470 g/mol. The van der Waals surface area contributed by atoms with Crippen molar-refractivity contribution in [1.82, 2.24) is 9.97 Å². The van der Waals surface area contributed by atoms with E-state index in [1.807, 2.05) is 24.3 Å². The smallest absolute Gasteiger partial charge is 0.172 e. The molecule has 0 amide bonds. The topological polar surface area (TPSA) is 42.2 Å². The first-order valence-electron chi connectivity index (χ1n) is 11.8. The first-order valence-corrected chi connectivity index (χ1v) is 12.2. The number of hydrogen-bond acceptors (Lipinski definition) is 4. The Balaban J connectivity index is 1.45. The van der Waals surface area contributed by atoms with E-state index in [-0.39, 0.29) is 12.0 Å². The summed E-state index contributed by atoms with van der Waals surface area (Å²) in [4.78, 5) is 12.0. The number of hydrogen-bond donors (Lipinski definition) is 0. The molecule has 4 aromatic carbocycles. The number of aromatic nitrogens is 2. The van der Waals surface area contributed by atoms with Crippen molar-refractivity contribution in [2.45, 2.75) is 12.0 Å². The van der Waals surface area contributed by atoms with Crippen molar-refractivity contribution in [3.05, 3.63) is 101 Å². The summed E-state index contributed by atoms with van der Waals surface area (Å²) in [5.74, 6) is 1.75. The third-order valence-electron chi connectivity index (χ3n) is 7.84. The fourth-order valence-electron chi connectivity index (χ4n) is 6.55. The Bertz CT molecular complexity index is 1950. The fraction of sp³-hybridized carbons (Fsp3) is 0.0667. The predicted molar refractivity (Wildman–Crippen MR) is 141 cm³/mol. The van der Waals surface area contributed by atoms with Gasteiger partial charge in [0.2, 0.25) is 0 Å². The van der Waals surface area contributed by atoms with E-state index in [0.717, 1.165) is 28.1 Å². The standard InChI is InChI=1S/C30H16ClN3O/c31-29-30(33-19-9-2-1-8-18(19)32-29)34-20-12-11-15-5-3-6-16-17-7-4-10-22-25(17)28-23(35-22)14-13-21(34)27(28)26(20)24(15)16/h1-14,21,27H. The van der Waals surface area contributed by atoms with Crippen molar-refractivity contribution >= 4 is 62.0 Å². The largest absolute Gasteiger partial charge is 0.456 e. The van der Waals surface area contributed by atoms with Crippen LogP contribution >= 0.6 is 11.6 Å². The third-order valence-corrected chi connectivity index (χ3v) is 8.09. The molecule has 3 aliphatic rings. The molecule has 1 aliphatic heterocycles. The van der Waals surface area contributed by atoms with Gasteiger partial charge in [-0.15, -0.1) is 0 Å². The van der Waals surface area contributed by atoms with Crippen LogP contribution in [-0.2, 0) is 0 Å². The van der Waals surface area contributed by atoms with E-state index in [2.05, 4.69) is 65.6 Å². The normalized spacial score (nSPS) is 18.8. The van der Waals surface area contributed by atoms with Gasteiger partial charge < -0.3 is 9.32 Å². The van der Waals surface area contributed by atoms with Crippen LogP contribution < -0.4 is 4.90 Å². The Morgan fingerprint density at radius 2 is 1.57 bits per heavy atom. The second-order valence-electron chi connectivity index (χ2n) is 9.48. The molecule has 2 aromatic heterocycles. The van der Waals surface area contributed by atoms with Gasteiger partial charge in [0, 0.05) is 22.6 Å². The molecule has 0 bridgehead atoms. The van der Waals surface area contributed by atoms with Crippen molar-refractivity contribution in [3.63, 3.8) is 0 Å². The molecule has 5 heteroatoms. The van der Waals surface area contributed by atoms with E-state index in [1.54, 1.807) is 0 Å². The molecule has 0 saturated carbocycles. The molecule has 0 spiro atoms. The summed E-state index contributed by atoms with van der Waals surface area (Å²) in [5.41, 5.74) is 8.77. The Morgan fingerprint density at radius 3 is 2.46 bits per heavy atom. The zero-order valence-corrected chi connectivity index (χ0v) is 19.1. The molecule has 0 N–H and O–H groups in total. The minimum atomic E-state index is 0.0241. The fourth-order valence-corrected chi connectivity index (χ4v) is 6.77. The van der Waals surface area contributed by atoms with Crippen molar-refractivity contribution in [3.8, 4) is 11.1 Å². The van der Waals surface area contributed by atoms with Crippen LogP contribution in [0.4, 0.5) is 11.5 Å². The molecular formula is C30H16ClN3O. The summed E-state index contributed by atoms with van der Waals surface area (Å²) in [6.07, 6.45) is 4.36. The summed E-state index contributed by atoms with van der Waals surface area (Å²) in [6.45, 7) is 0. The van der Waals surface area contributed by atoms with Gasteiger partial charge in [-0.1, -0.05) is 66.2 Å². The van der Waals surface area contributed by atoms with Crippen LogP contribution in [0.25, 0.3) is 50.0 Å². The lowest BCUT2D eigenvalue weighted by Crippen LogP contribution is -2.31. The van der Waals surface area contributed by atoms with Gasteiger partial charge in [0.25, 0.3) is 0 Å². The Hall–Kier alpha value is -4.15. The average Bonchev–Trinajstić information content (AvgIpc) is 3.39. The van der Waals surface area contributed by atoms with Gasteiger partial charge in [-0.2, -0.15) is 0 Å². The molecule has 4 nitrogen and oxygen atoms in total. The lowest BCUT2D eigenvalue weighted by Gasteiger charge is -2.29. The van der Waals surface area contributed by atoms with E-state index < -0.39 is 0 Å². The highest BCUT2D eigenvalue weighted by atomic mass is 35.5. The Morgan fingerprint density at radius 1 is 0.771 bits per heavy atom. The van der Waals surface area contributed by atoms with E-state index in [9.17, 15) is 0 Å². The van der Waals surface area contributed by atoms with E-state index >= 15 is 0 Å². The number of furan rings is 1. The van der Waals surface area contributed by atoms with Crippen LogP contribution in [0.2, 0.25) is 5.15 Å². The SMILES string of the molecule is Clc1nc2ccccc2nc1N1c2ccc3cccc4c3c2C2c3c(oc5cccc-4c35)C=CC21. The van der Waals surface area contributed by atoms with Crippen LogP contribution in [0.1, 0.15) is 22.8 Å². The van der Waals surface area contributed by atoms with E-state index in [4.69, 9.17) is 26.0 Å². The van der Waals surface area contributed by atoms with Crippen molar-refractivity contribution in [2.24, 2.45) is 0 Å². The maximum atomic E-state index is 6.82. The van der Waals surface area contributed by atoms with Gasteiger partial charge >= 0.3 is 0 Å². The van der Waals surface area contributed by atoms with Gasteiger partial charge in [0.05, 0.1) is 17.1 Å². The lowest BCUT2D eigenvalue weighted by molar-refractivity contribution is 0.584. The minimum absolute atomic E-state index is 0.0241. The second-order valence-corrected chi connectivity index (χ2v) is 9.84. The molecule has 0 fully saturated rings. The molecule has 6 aromatic rings. The van der Waals surface area contributed by atoms with Gasteiger partial charge in [-0.3, -0.25) is 0 Å². The van der Waals surface area contributed by atoms with Crippen LogP contribution in [0.5, 0.6) is 0 Å². The number of fused-ring (bicyclic) bond motifs is 2. The maximum absolute atomic E-state index is 6.82. The molecule has 164 valence electrons. The van der Waals surface area contributed by atoms with Gasteiger partial charge in [0.1, 0.15) is 11.3 Å². The number of rotatable bonds is 1. The van der Waals surface area contributed by atoms with E-state index in [0.29, 0.717) is 11.0 Å². The summed E-state index contributed by atoms with van der Waals surface area (Å²) in [6, 6.07) is 25.3. The molecular weight excluding hydrogens is 454 g/mol. The summed E-state index contributed by atoms with van der Waals surface area (Å²) in [5, 5.41) is 4.18.